The Morgan fingerprint density at radius 3 is 2.85 bits per heavy atom. The second-order valence-corrected chi connectivity index (χ2v) is 5.30. The maximum Gasteiger partial charge on any atom is 0.140 e. The number of rotatable bonds is 6. The van der Waals surface area contributed by atoms with Gasteiger partial charge in [0.2, 0.25) is 0 Å². The molecule has 0 bridgehead atoms. The van der Waals surface area contributed by atoms with Gasteiger partial charge in [-0.05, 0) is 12.5 Å². The largest absolute Gasteiger partial charge is 0.506 e. The highest BCUT2D eigenvalue weighted by molar-refractivity contribution is 6.43. The second kappa shape index (κ2) is 6.97. The first-order valence-electron chi connectivity index (χ1n) is 6.49. The zero-order valence-electron chi connectivity index (χ0n) is 11.2. The van der Waals surface area contributed by atoms with Crippen LogP contribution in [0.5, 0.6) is 5.75 Å². The minimum Gasteiger partial charge on any atom is -0.506 e. The quantitative estimate of drug-likeness (QED) is 0.856. The molecule has 1 heterocycles. The van der Waals surface area contributed by atoms with Gasteiger partial charge in [-0.25, -0.2) is 4.98 Å². The van der Waals surface area contributed by atoms with E-state index in [9.17, 15) is 5.11 Å². The van der Waals surface area contributed by atoms with Crippen molar-refractivity contribution in [2.45, 2.75) is 25.9 Å². The summed E-state index contributed by atoms with van der Waals surface area (Å²) in [4.78, 5) is 4.00. The second-order valence-electron chi connectivity index (χ2n) is 4.51. The smallest absolute Gasteiger partial charge is 0.140 e. The molecule has 4 nitrogen and oxygen atoms in total. The van der Waals surface area contributed by atoms with E-state index in [1.54, 1.807) is 18.6 Å². The molecule has 0 fully saturated rings. The fourth-order valence-electron chi connectivity index (χ4n) is 2.10. The molecule has 0 aliphatic rings. The molecule has 2 aromatic rings. The Bertz CT molecular complexity index is 558. The number of phenolic OH excluding ortho intramolecular Hbond substituents is 1. The van der Waals surface area contributed by atoms with Crippen molar-refractivity contribution >= 4 is 23.2 Å². The number of benzene rings is 1. The molecule has 0 saturated carbocycles. The molecule has 1 aromatic heterocycles. The Kier molecular flexibility index (Phi) is 5.29. The van der Waals surface area contributed by atoms with Crippen molar-refractivity contribution in [3.8, 4) is 5.75 Å². The SMILES string of the molecule is CCC(NCCn1ccnc1)c1ccc(Cl)c(Cl)c1O. The molecule has 6 heteroatoms. The molecule has 2 N–H and O–H groups in total. The molecule has 0 aliphatic carbocycles. The lowest BCUT2D eigenvalue weighted by Gasteiger charge is -2.19. The van der Waals surface area contributed by atoms with Crippen LogP contribution in [0.2, 0.25) is 10.0 Å². The zero-order chi connectivity index (χ0) is 14.5. The van der Waals surface area contributed by atoms with Crippen LogP contribution in [-0.4, -0.2) is 21.2 Å². The van der Waals surface area contributed by atoms with E-state index in [0.29, 0.717) is 5.02 Å². The van der Waals surface area contributed by atoms with Gasteiger partial charge < -0.3 is 15.0 Å². The van der Waals surface area contributed by atoms with E-state index >= 15 is 0 Å². The molecule has 1 unspecified atom stereocenters. The van der Waals surface area contributed by atoms with Crippen molar-refractivity contribution in [3.63, 3.8) is 0 Å². The van der Waals surface area contributed by atoms with E-state index in [-0.39, 0.29) is 16.8 Å². The predicted molar refractivity (Wildman–Crippen MR) is 81.4 cm³/mol. The average molecular weight is 314 g/mol. The van der Waals surface area contributed by atoms with Gasteiger partial charge in [0, 0.05) is 37.1 Å². The number of aromatic nitrogens is 2. The molecule has 0 saturated heterocycles. The summed E-state index contributed by atoms with van der Waals surface area (Å²) in [6.07, 6.45) is 6.29. The number of halogens is 2. The highest BCUT2D eigenvalue weighted by atomic mass is 35.5. The molecule has 1 aromatic carbocycles. The maximum atomic E-state index is 10.1. The van der Waals surface area contributed by atoms with Crippen LogP contribution in [0.3, 0.4) is 0 Å². The summed E-state index contributed by atoms with van der Waals surface area (Å²) in [7, 11) is 0. The number of nitrogens with one attached hydrogen (secondary N) is 1. The molecule has 0 spiro atoms. The Hall–Kier alpha value is -1.23. The van der Waals surface area contributed by atoms with Crippen LogP contribution < -0.4 is 5.32 Å². The minimum atomic E-state index is 0.0355. The number of imidazole rings is 1. The molecule has 108 valence electrons. The maximum absolute atomic E-state index is 10.1. The van der Waals surface area contributed by atoms with E-state index in [1.165, 1.54) is 0 Å². The van der Waals surface area contributed by atoms with E-state index in [0.717, 1.165) is 25.1 Å². The fourth-order valence-corrected chi connectivity index (χ4v) is 2.42. The summed E-state index contributed by atoms with van der Waals surface area (Å²) in [5, 5.41) is 14.1. The van der Waals surface area contributed by atoms with Gasteiger partial charge in [-0.15, -0.1) is 0 Å². The van der Waals surface area contributed by atoms with Crippen LogP contribution in [0.4, 0.5) is 0 Å². The van der Waals surface area contributed by atoms with Crippen LogP contribution in [-0.2, 0) is 6.54 Å². The summed E-state index contributed by atoms with van der Waals surface area (Å²) in [5.41, 5.74) is 0.771. The minimum absolute atomic E-state index is 0.0355. The van der Waals surface area contributed by atoms with Gasteiger partial charge in [0.05, 0.1) is 11.3 Å². The number of aromatic hydroxyl groups is 1. The third kappa shape index (κ3) is 3.45. The highest BCUT2D eigenvalue weighted by Gasteiger charge is 2.16. The highest BCUT2D eigenvalue weighted by Crippen LogP contribution is 2.37. The predicted octanol–water partition coefficient (Wildman–Crippen LogP) is 3.64. The van der Waals surface area contributed by atoms with Gasteiger partial charge in [-0.3, -0.25) is 0 Å². The van der Waals surface area contributed by atoms with Crippen LogP contribution in [0.15, 0.2) is 30.9 Å². The monoisotopic (exact) mass is 313 g/mol. The fraction of sp³-hybridized carbons (Fsp3) is 0.357. The summed E-state index contributed by atoms with van der Waals surface area (Å²) >= 11 is 11.9. The number of phenols is 1. The molecule has 20 heavy (non-hydrogen) atoms. The van der Waals surface area contributed by atoms with Gasteiger partial charge in [0.1, 0.15) is 10.8 Å². The lowest BCUT2D eigenvalue weighted by atomic mass is 10.0. The van der Waals surface area contributed by atoms with E-state index < -0.39 is 0 Å². The van der Waals surface area contributed by atoms with Gasteiger partial charge >= 0.3 is 0 Å². The molecule has 2 rings (SSSR count). The summed E-state index contributed by atoms with van der Waals surface area (Å²) in [6.45, 7) is 3.64. The molecular formula is C14H17Cl2N3O. The molecule has 0 radical (unpaired) electrons. The average Bonchev–Trinajstić information content (AvgIpc) is 2.95. The van der Waals surface area contributed by atoms with Crippen molar-refractivity contribution in [2.75, 3.05) is 6.54 Å². The van der Waals surface area contributed by atoms with Crippen molar-refractivity contribution in [1.82, 2.24) is 14.9 Å². The summed E-state index contributed by atoms with van der Waals surface area (Å²) < 4.78 is 1.99. The van der Waals surface area contributed by atoms with E-state index in [1.807, 2.05) is 16.8 Å². The number of nitrogens with zero attached hydrogens (tertiary/aromatic N) is 2. The first-order chi connectivity index (χ1) is 9.63. The van der Waals surface area contributed by atoms with Gasteiger partial charge in [0.15, 0.2) is 0 Å². The normalized spacial score (nSPS) is 12.6. The van der Waals surface area contributed by atoms with Crippen molar-refractivity contribution < 1.29 is 5.11 Å². The third-order valence-electron chi connectivity index (χ3n) is 3.20. The topological polar surface area (TPSA) is 50.1 Å². The summed E-state index contributed by atoms with van der Waals surface area (Å²) in [6, 6.07) is 3.55. The van der Waals surface area contributed by atoms with Gasteiger partial charge in [0.25, 0.3) is 0 Å². The molecule has 0 aliphatic heterocycles. The van der Waals surface area contributed by atoms with E-state index in [2.05, 4.69) is 17.2 Å². The Balaban J connectivity index is 2.03. The van der Waals surface area contributed by atoms with Crippen LogP contribution >= 0.6 is 23.2 Å². The number of hydrogen-bond acceptors (Lipinski definition) is 3. The third-order valence-corrected chi connectivity index (χ3v) is 4.00. The van der Waals surface area contributed by atoms with E-state index in [4.69, 9.17) is 23.2 Å². The van der Waals surface area contributed by atoms with Crippen LogP contribution in [0.1, 0.15) is 24.9 Å². The molecular weight excluding hydrogens is 297 g/mol. The van der Waals surface area contributed by atoms with Crippen molar-refractivity contribution in [3.05, 3.63) is 46.5 Å². The van der Waals surface area contributed by atoms with Crippen molar-refractivity contribution in [2.24, 2.45) is 0 Å². The van der Waals surface area contributed by atoms with Crippen LogP contribution in [0, 0.1) is 0 Å². The standard InChI is InChI=1S/C14H17Cl2N3O/c1-2-12(18-6-8-19-7-5-17-9-19)10-3-4-11(15)13(16)14(10)20/h3-5,7,9,12,18,20H,2,6,8H2,1H3. The molecule has 1 atom stereocenters. The lowest BCUT2D eigenvalue weighted by Crippen LogP contribution is -2.24. The van der Waals surface area contributed by atoms with Crippen LogP contribution in [0.25, 0.3) is 0 Å². The summed E-state index contributed by atoms with van der Waals surface area (Å²) in [5.74, 6) is 0.0566. The van der Waals surface area contributed by atoms with Crippen molar-refractivity contribution in [1.29, 1.82) is 0 Å². The number of hydrogen-bond donors (Lipinski definition) is 2. The Morgan fingerprint density at radius 1 is 1.40 bits per heavy atom. The Labute approximate surface area is 128 Å². The zero-order valence-corrected chi connectivity index (χ0v) is 12.7. The van der Waals surface area contributed by atoms with Gasteiger partial charge in [-0.2, -0.15) is 0 Å². The first-order valence-corrected chi connectivity index (χ1v) is 7.25. The van der Waals surface area contributed by atoms with Gasteiger partial charge in [-0.1, -0.05) is 36.2 Å². The Morgan fingerprint density at radius 2 is 2.20 bits per heavy atom. The first kappa shape index (κ1) is 15.2. The lowest BCUT2D eigenvalue weighted by molar-refractivity contribution is 0.436. The molecule has 0 amide bonds.